The van der Waals surface area contributed by atoms with Crippen molar-refractivity contribution in [2.24, 2.45) is 0 Å². The van der Waals surface area contributed by atoms with Crippen LogP contribution in [-0.2, 0) is 31.5 Å². The molecule has 3 heterocycles. The molecule has 2 aromatic carbocycles. The number of benzene rings is 2. The van der Waals surface area contributed by atoms with Gasteiger partial charge in [-0.15, -0.1) is 0 Å². The summed E-state index contributed by atoms with van der Waals surface area (Å²) in [6.07, 6.45) is 0.994. The number of rotatable bonds is 6. The summed E-state index contributed by atoms with van der Waals surface area (Å²) in [6.45, 7) is 4.17. The number of anilines is 2. The Bertz CT molecular complexity index is 1550. The average Bonchev–Trinajstić information content (AvgIpc) is 3.43. The number of nitrogens with zero attached hydrogens (tertiary/aromatic N) is 5. The molecule has 0 bridgehead atoms. The highest BCUT2D eigenvalue weighted by Gasteiger charge is 2.52. The van der Waals surface area contributed by atoms with E-state index in [1.54, 1.807) is 32.0 Å². The van der Waals surface area contributed by atoms with Crippen LogP contribution in [0.15, 0.2) is 58.2 Å². The molecule has 5 rings (SSSR count). The monoisotopic (exact) mass is 669 g/mol. The van der Waals surface area contributed by atoms with Crippen molar-refractivity contribution >= 4 is 72.8 Å². The number of imidazole rings is 1. The maximum atomic E-state index is 14.2. The van der Waals surface area contributed by atoms with Crippen molar-refractivity contribution in [3.05, 3.63) is 68.7 Å². The van der Waals surface area contributed by atoms with Crippen LogP contribution < -0.4 is 4.90 Å². The average molecular weight is 671 g/mol. The Balaban J connectivity index is 1.57. The van der Waals surface area contributed by atoms with Gasteiger partial charge in [0.15, 0.2) is 5.03 Å². The Hall–Kier alpha value is -2.64. The lowest BCUT2D eigenvalue weighted by Gasteiger charge is -2.34. The lowest BCUT2D eigenvalue weighted by Crippen LogP contribution is -2.51. The summed E-state index contributed by atoms with van der Waals surface area (Å²) < 4.78 is 36.7. The maximum Gasteiger partial charge on any atom is 0.409 e. The molecule has 2 aliphatic rings. The van der Waals surface area contributed by atoms with Crippen LogP contribution in [0, 0.1) is 0 Å². The van der Waals surface area contributed by atoms with Crippen LogP contribution in [-0.4, -0.2) is 72.0 Å². The Labute approximate surface area is 250 Å². The first-order valence-electron chi connectivity index (χ1n) is 12.5. The second-order valence-electron chi connectivity index (χ2n) is 9.67. The summed E-state index contributed by atoms with van der Waals surface area (Å²) in [4.78, 5) is 33.6. The van der Waals surface area contributed by atoms with Crippen LogP contribution in [0.5, 0.6) is 0 Å². The Morgan fingerprint density at radius 3 is 2.30 bits per heavy atom. The molecule has 212 valence electrons. The zero-order chi connectivity index (χ0) is 28.8. The summed E-state index contributed by atoms with van der Waals surface area (Å²) in [7, 11) is -4.10. The van der Waals surface area contributed by atoms with Gasteiger partial charge in [0.1, 0.15) is 5.54 Å². The van der Waals surface area contributed by atoms with Crippen LogP contribution in [0.2, 0.25) is 10.0 Å². The molecule has 1 aromatic heterocycles. The highest BCUT2D eigenvalue weighted by atomic mass is 79.9. The third-order valence-electron chi connectivity index (χ3n) is 7.00. The molecule has 40 heavy (non-hydrogen) atoms. The first-order valence-corrected chi connectivity index (χ1v) is 15.5. The van der Waals surface area contributed by atoms with Gasteiger partial charge in [0, 0.05) is 47.1 Å². The van der Waals surface area contributed by atoms with E-state index in [4.69, 9.17) is 27.9 Å². The minimum atomic E-state index is -4.10. The number of carbonyl (C=O) groups excluding carboxylic acids is 2. The van der Waals surface area contributed by atoms with Gasteiger partial charge in [0.05, 0.1) is 18.5 Å². The van der Waals surface area contributed by atoms with Crippen molar-refractivity contribution in [3.63, 3.8) is 0 Å². The molecule has 14 heteroatoms. The largest absolute Gasteiger partial charge is 0.450 e. The number of fused-ring (bicyclic) bond motifs is 1. The minimum Gasteiger partial charge on any atom is -0.450 e. The van der Waals surface area contributed by atoms with Crippen molar-refractivity contribution in [1.82, 2.24) is 18.8 Å². The molecule has 0 aliphatic carbocycles. The molecule has 1 atom stereocenters. The summed E-state index contributed by atoms with van der Waals surface area (Å²) in [5.74, 6) is -0.230. The number of aromatic nitrogens is 2. The van der Waals surface area contributed by atoms with Crippen LogP contribution in [0.3, 0.4) is 0 Å². The minimum absolute atomic E-state index is 0.0760. The third-order valence-corrected chi connectivity index (χ3v) is 9.83. The van der Waals surface area contributed by atoms with Gasteiger partial charge in [-0.2, -0.15) is 4.31 Å². The molecular weight excluding hydrogens is 645 g/mol. The van der Waals surface area contributed by atoms with E-state index >= 15 is 0 Å². The zero-order valence-electron chi connectivity index (χ0n) is 21.7. The number of ether oxygens (including phenoxy) is 1. The molecule has 10 nitrogen and oxygen atoms in total. The molecule has 1 fully saturated rings. The van der Waals surface area contributed by atoms with Crippen molar-refractivity contribution < 1.29 is 22.7 Å². The van der Waals surface area contributed by atoms with Gasteiger partial charge < -0.3 is 9.64 Å². The van der Waals surface area contributed by atoms with Gasteiger partial charge in [-0.25, -0.2) is 23.1 Å². The van der Waals surface area contributed by atoms with E-state index in [9.17, 15) is 18.0 Å². The fraction of sp³-hybridized carbons (Fsp3) is 0.346. The quantitative estimate of drug-likeness (QED) is 0.364. The van der Waals surface area contributed by atoms with Crippen LogP contribution in [0.1, 0.15) is 19.4 Å². The second kappa shape index (κ2) is 11.0. The van der Waals surface area contributed by atoms with Crippen molar-refractivity contribution in [2.45, 2.75) is 30.8 Å². The number of amides is 2. The fourth-order valence-corrected chi connectivity index (χ4v) is 7.46. The molecule has 1 saturated heterocycles. The molecule has 2 amide bonds. The first kappa shape index (κ1) is 28.9. The van der Waals surface area contributed by atoms with E-state index in [1.807, 2.05) is 24.3 Å². The van der Waals surface area contributed by atoms with Crippen molar-refractivity contribution in [1.29, 1.82) is 0 Å². The van der Waals surface area contributed by atoms with Gasteiger partial charge in [-0.1, -0.05) is 51.3 Å². The van der Waals surface area contributed by atoms with Gasteiger partial charge >= 0.3 is 6.09 Å². The third kappa shape index (κ3) is 5.11. The molecule has 0 saturated carbocycles. The summed E-state index contributed by atoms with van der Waals surface area (Å²) in [5.41, 5.74) is -0.138. The van der Waals surface area contributed by atoms with Crippen LogP contribution >= 0.6 is 39.1 Å². The summed E-state index contributed by atoms with van der Waals surface area (Å²) in [6, 6.07) is 12.2. The number of hydrogen-bond donors (Lipinski definition) is 0. The lowest BCUT2D eigenvalue weighted by molar-refractivity contribution is -0.124. The number of hydrogen-bond acceptors (Lipinski definition) is 6. The lowest BCUT2D eigenvalue weighted by atomic mass is 9.92. The van der Waals surface area contributed by atoms with E-state index in [2.05, 4.69) is 20.9 Å². The smallest absolute Gasteiger partial charge is 0.409 e. The normalized spacial score (nSPS) is 19.7. The van der Waals surface area contributed by atoms with Crippen LogP contribution in [0.25, 0.3) is 0 Å². The Morgan fingerprint density at radius 2 is 1.70 bits per heavy atom. The number of sulfonamides is 1. The van der Waals surface area contributed by atoms with E-state index in [1.165, 1.54) is 24.9 Å². The predicted molar refractivity (Wildman–Crippen MR) is 155 cm³/mol. The van der Waals surface area contributed by atoms with E-state index < -0.39 is 21.7 Å². The highest BCUT2D eigenvalue weighted by Crippen LogP contribution is 2.45. The van der Waals surface area contributed by atoms with E-state index in [-0.39, 0.29) is 56.1 Å². The fourth-order valence-electron chi connectivity index (χ4n) is 5.07. The summed E-state index contributed by atoms with van der Waals surface area (Å²) >= 11 is 15.9. The molecule has 0 radical (unpaired) electrons. The van der Waals surface area contributed by atoms with Crippen molar-refractivity contribution in [2.75, 3.05) is 37.7 Å². The SMILES string of the molecule is CCOC(=O)N1CCN(S(=O)(=O)c2cnc3n2C(C)(Cc2ccc(Br)cc2)C(=O)N3c2cc(Cl)cc(Cl)c2)CC1. The topological polar surface area (TPSA) is 105 Å². The van der Waals surface area contributed by atoms with E-state index in [0.29, 0.717) is 15.7 Å². The standard InChI is InChI=1S/C26H26BrCl2N5O5S/c1-3-39-25(36)31-8-10-32(11-9-31)40(37,38)22-16-30-24-33(21-13-19(28)12-20(29)14-21)23(35)26(2,34(22)24)15-17-4-6-18(27)7-5-17/h4-7,12-14,16H,3,8-11,15H2,1-2H3. The number of piperazine rings is 1. The van der Waals surface area contributed by atoms with E-state index in [0.717, 1.165) is 10.0 Å². The van der Waals surface area contributed by atoms with Gasteiger partial charge in [0.2, 0.25) is 5.95 Å². The molecule has 3 aromatic rings. The molecule has 2 aliphatic heterocycles. The molecule has 0 N–H and O–H groups in total. The van der Waals surface area contributed by atoms with Gasteiger partial charge in [-0.3, -0.25) is 9.36 Å². The summed E-state index contributed by atoms with van der Waals surface area (Å²) in [5, 5.41) is 0.528. The molecular formula is C26H26BrCl2N5O5S. The zero-order valence-corrected chi connectivity index (χ0v) is 25.6. The molecule has 0 spiro atoms. The van der Waals surface area contributed by atoms with Crippen molar-refractivity contribution in [3.8, 4) is 0 Å². The Morgan fingerprint density at radius 1 is 1.07 bits per heavy atom. The highest BCUT2D eigenvalue weighted by molar-refractivity contribution is 9.10. The van der Waals surface area contributed by atoms with Gasteiger partial charge in [0.25, 0.3) is 15.9 Å². The van der Waals surface area contributed by atoms with Crippen LogP contribution in [0.4, 0.5) is 16.4 Å². The molecule has 1 unspecified atom stereocenters. The predicted octanol–water partition coefficient (Wildman–Crippen LogP) is 5.05. The first-order chi connectivity index (χ1) is 19.0. The second-order valence-corrected chi connectivity index (χ2v) is 13.3. The maximum absolute atomic E-state index is 14.2. The van der Waals surface area contributed by atoms with Gasteiger partial charge in [-0.05, 0) is 49.7 Å². The Kier molecular flexibility index (Phi) is 7.92. The number of halogens is 3. The number of carbonyl (C=O) groups is 2.